The van der Waals surface area contributed by atoms with Gasteiger partial charge in [0.05, 0.1) is 0 Å². The minimum absolute atomic E-state index is 0.657. The van der Waals surface area contributed by atoms with Crippen LogP contribution in [-0.2, 0) is 0 Å². The Kier molecular flexibility index (Phi) is 33.3. The number of allylic oxidation sites excluding steroid dienone is 2. The first-order valence-electron chi connectivity index (χ1n) is 8.72. The van der Waals surface area contributed by atoms with Gasteiger partial charge in [-0.25, -0.2) is 0 Å². The van der Waals surface area contributed by atoms with E-state index in [1.807, 2.05) is 27.7 Å². The summed E-state index contributed by atoms with van der Waals surface area (Å²) < 4.78 is 0. The maximum absolute atomic E-state index is 3.75. The van der Waals surface area contributed by atoms with Gasteiger partial charge in [-0.15, -0.1) is 0 Å². The number of rotatable bonds is 6. The molecule has 0 fully saturated rings. The van der Waals surface area contributed by atoms with Crippen LogP contribution in [0.3, 0.4) is 0 Å². The molecule has 0 aliphatic carbocycles. The molecule has 0 amide bonds. The summed E-state index contributed by atoms with van der Waals surface area (Å²) in [6.07, 6.45) is 2.50. The normalized spacial score (nSPS) is 8.76. The summed E-state index contributed by atoms with van der Waals surface area (Å²) in [6, 6.07) is 0. The fourth-order valence-corrected chi connectivity index (χ4v) is 0.479. The first-order valence-corrected chi connectivity index (χ1v) is 8.72. The van der Waals surface area contributed by atoms with Crippen LogP contribution in [0.2, 0.25) is 0 Å². The molecule has 0 aromatic rings. The Labute approximate surface area is 137 Å². The van der Waals surface area contributed by atoms with Crippen LogP contribution in [0.15, 0.2) is 24.3 Å². The third-order valence-corrected chi connectivity index (χ3v) is 2.82. The molecule has 0 bridgehead atoms. The van der Waals surface area contributed by atoms with Crippen LogP contribution < -0.4 is 5.32 Å². The van der Waals surface area contributed by atoms with Crippen LogP contribution in [-0.4, -0.2) is 13.1 Å². The predicted octanol–water partition coefficient (Wildman–Crippen LogP) is 6.86. The lowest BCUT2D eigenvalue weighted by atomic mass is 10.1. The average molecular weight is 300 g/mol. The molecule has 0 aromatic heterocycles. The molecule has 0 saturated heterocycles. The molecule has 1 nitrogen and oxygen atoms in total. The molecule has 21 heavy (non-hydrogen) atoms. The first kappa shape index (κ1) is 28.6. The second-order valence-electron chi connectivity index (χ2n) is 5.75. The van der Waals surface area contributed by atoms with Gasteiger partial charge in [0, 0.05) is 0 Å². The molecule has 0 aliphatic heterocycles. The Balaban J connectivity index is -0.0000000976. The van der Waals surface area contributed by atoms with Gasteiger partial charge in [-0.1, -0.05) is 79.7 Å². The van der Waals surface area contributed by atoms with Gasteiger partial charge in [-0.05, 0) is 51.6 Å². The number of nitrogens with one attached hydrogen (secondary N) is 1. The molecular weight excluding hydrogens is 254 g/mol. The van der Waals surface area contributed by atoms with E-state index in [4.69, 9.17) is 0 Å². The zero-order valence-corrected chi connectivity index (χ0v) is 16.9. The quantitative estimate of drug-likeness (QED) is 0.417. The minimum atomic E-state index is 0.657. The van der Waals surface area contributed by atoms with E-state index in [1.54, 1.807) is 0 Å². The maximum Gasteiger partial charge on any atom is -0.00516 e. The molecule has 0 unspecified atom stereocenters. The highest BCUT2D eigenvalue weighted by Crippen LogP contribution is 2.02. The van der Waals surface area contributed by atoms with Gasteiger partial charge >= 0.3 is 0 Å². The molecule has 130 valence electrons. The van der Waals surface area contributed by atoms with Crippen molar-refractivity contribution in [1.29, 1.82) is 0 Å². The molecule has 0 aromatic carbocycles. The fourth-order valence-electron chi connectivity index (χ4n) is 0.479. The highest BCUT2D eigenvalue weighted by Gasteiger charge is 1.88. The highest BCUT2D eigenvalue weighted by atomic mass is 14.8. The van der Waals surface area contributed by atoms with Gasteiger partial charge in [0.2, 0.25) is 0 Å². The number of hydrogen-bond acceptors (Lipinski definition) is 1. The SMILES string of the molecule is C=C(C)C(C)C.C=C(C)C(C)C.CC.CCCNCCC. The van der Waals surface area contributed by atoms with E-state index in [-0.39, 0.29) is 0 Å². The first-order chi connectivity index (χ1) is 9.70. The van der Waals surface area contributed by atoms with E-state index in [0.717, 1.165) is 0 Å². The van der Waals surface area contributed by atoms with Crippen molar-refractivity contribution < 1.29 is 0 Å². The third kappa shape index (κ3) is 45.2. The Morgan fingerprint density at radius 2 is 0.952 bits per heavy atom. The van der Waals surface area contributed by atoms with Crippen LogP contribution in [0.25, 0.3) is 0 Å². The van der Waals surface area contributed by atoms with Crippen molar-refractivity contribution in [3.05, 3.63) is 24.3 Å². The molecule has 0 spiro atoms. The average Bonchev–Trinajstić information content (AvgIpc) is 2.42. The summed E-state index contributed by atoms with van der Waals surface area (Å²) in [5.41, 5.74) is 2.52. The molecule has 0 radical (unpaired) electrons. The van der Waals surface area contributed by atoms with E-state index < -0.39 is 0 Å². The van der Waals surface area contributed by atoms with Crippen LogP contribution in [0.1, 0.15) is 82.1 Å². The monoisotopic (exact) mass is 299 g/mol. The van der Waals surface area contributed by atoms with E-state index >= 15 is 0 Å². The van der Waals surface area contributed by atoms with Gasteiger partial charge in [0.1, 0.15) is 0 Å². The van der Waals surface area contributed by atoms with Crippen molar-refractivity contribution in [2.45, 2.75) is 82.1 Å². The van der Waals surface area contributed by atoms with Gasteiger partial charge in [0.15, 0.2) is 0 Å². The second kappa shape index (κ2) is 24.5. The number of hydrogen-bond donors (Lipinski definition) is 1. The van der Waals surface area contributed by atoms with Crippen molar-refractivity contribution in [3.63, 3.8) is 0 Å². The lowest BCUT2D eigenvalue weighted by molar-refractivity contribution is 0.662. The van der Waals surface area contributed by atoms with E-state index in [1.165, 1.54) is 37.1 Å². The molecule has 0 saturated carbocycles. The minimum Gasteiger partial charge on any atom is -0.317 e. The van der Waals surface area contributed by atoms with E-state index in [9.17, 15) is 0 Å². The van der Waals surface area contributed by atoms with Gasteiger partial charge in [-0.3, -0.25) is 0 Å². The largest absolute Gasteiger partial charge is 0.317 e. The van der Waals surface area contributed by atoms with Crippen LogP contribution in [0.4, 0.5) is 0 Å². The summed E-state index contributed by atoms with van der Waals surface area (Å²) in [7, 11) is 0. The molecule has 0 heterocycles. The lowest BCUT2D eigenvalue weighted by Gasteiger charge is -1.97. The summed E-state index contributed by atoms with van der Waals surface area (Å²) >= 11 is 0. The van der Waals surface area contributed by atoms with E-state index in [0.29, 0.717) is 11.8 Å². The van der Waals surface area contributed by atoms with Crippen LogP contribution in [0, 0.1) is 11.8 Å². The van der Waals surface area contributed by atoms with Crippen molar-refractivity contribution in [2.75, 3.05) is 13.1 Å². The fraction of sp³-hybridized carbons (Fsp3) is 0.800. The lowest BCUT2D eigenvalue weighted by Crippen LogP contribution is -2.14. The Morgan fingerprint density at radius 3 is 1.05 bits per heavy atom. The van der Waals surface area contributed by atoms with Crippen molar-refractivity contribution >= 4 is 0 Å². The van der Waals surface area contributed by atoms with Crippen molar-refractivity contribution in [1.82, 2.24) is 5.32 Å². The summed E-state index contributed by atoms with van der Waals surface area (Å²) in [4.78, 5) is 0. The topological polar surface area (TPSA) is 12.0 Å². The molecule has 0 atom stereocenters. The van der Waals surface area contributed by atoms with E-state index in [2.05, 4.69) is 60.0 Å². The summed E-state index contributed by atoms with van der Waals surface area (Å²) in [6.45, 7) is 30.9. The maximum atomic E-state index is 3.75. The standard InChI is InChI=1S/C6H15N.2C6H12.C2H6/c1-3-5-7-6-4-2;2*1-5(2)6(3)4;1-2/h7H,3-6H2,1-2H3;2*6H,1H2,2-4H3;1-2H3. The molecule has 0 aliphatic rings. The van der Waals surface area contributed by atoms with Crippen molar-refractivity contribution in [2.24, 2.45) is 11.8 Å². The smallest absolute Gasteiger partial charge is 0.00516 e. The molecule has 1 heteroatoms. The van der Waals surface area contributed by atoms with Gasteiger partial charge < -0.3 is 5.32 Å². The van der Waals surface area contributed by atoms with Gasteiger partial charge in [-0.2, -0.15) is 0 Å². The van der Waals surface area contributed by atoms with Crippen LogP contribution >= 0.6 is 0 Å². The van der Waals surface area contributed by atoms with Gasteiger partial charge in [0.25, 0.3) is 0 Å². The Morgan fingerprint density at radius 1 is 0.762 bits per heavy atom. The summed E-state index contributed by atoms with van der Waals surface area (Å²) in [5.74, 6) is 1.31. The Hall–Kier alpha value is -0.560. The molecule has 0 rings (SSSR count). The predicted molar refractivity (Wildman–Crippen MR) is 104 cm³/mol. The third-order valence-electron chi connectivity index (χ3n) is 2.82. The zero-order chi connectivity index (χ0) is 17.8. The Bertz CT molecular complexity index is 180. The highest BCUT2D eigenvalue weighted by molar-refractivity contribution is 4.91. The molecule has 1 N–H and O–H groups in total. The molecular formula is C20H45N. The zero-order valence-electron chi connectivity index (χ0n) is 16.9. The van der Waals surface area contributed by atoms with Crippen molar-refractivity contribution in [3.8, 4) is 0 Å². The van der Waals surface area contributed by atoms with Crippen LogP contribution in [0.5, 0.6) is 0 Å². The second-order valence-corrected chi connectivity index (χ2v) is 5.75. The summed E-state index contributed by atoms with van der Waals surface area (Å²) in [5, 5.41) is 3.28.